The average molecular weight is 1010 g/mol. The zero-order chi connectivity index (χ0) is 50.2. The summed E-state index contributed by atoms with van der Waals surface area (Å²) in [6.45, 7) is 20.5. The summed E-state index contributed by atoms with van der Waals surface area (Å²) in [6.07, 6.45) is 8.06. The molecule has 0 unspecified atom stereocenters. The van der Waals surface area contributed by atoms with Crippen LogP contribution in [0.3, 0.4) is 0 Å². The Hall–Kier alpha value is -6.62. The maximum absolute atomic E-state index is 6.51. The normalized spacial score (nSPS) is 14.4. The lowest BCUT2D eigenvalue weighted by Crippen LogP contribution is -2.28. The lowest BCUT2D eigenvalue weighted by Gasteiger charge is -2.36. The summed E-state index contributed by atoms with van der Waals surface area (Å²) in [5.74, 6) is 0. The smallest absolute Gasteiger partial charge is 0.136 e. The zero-order valence-corrected chi connectivity index (χ0v) is 45.1. The Labute approximate surface area is 436 Å². The van der Waals surface area contributed by atoms with Crippen molar-refractivity contribution in [3.05, 3.63) is 214 Å². The Morgan fingerprint density at radius 3 is 1.60 bits per heavy atom. The first-order chi connectivity index (χ1) is 34.5. The van der Waals surface area contributed by atoms with Crippen LogP contribution in [0.15, 0.2) is 191 Å². The van der Waals surface area contributed by atoms with Crippen LogP contribution in [0.2, 0.25) is 0 Å². The molecule has 1 aromatic heterocycles. The molecule has 8 aromatic carbocycles. The molecule has 2 aliphatic rings. The first-order valence-corrected chi connectivity index (χ1v) is 26.8. The highest BCUT2D eigenvalue weighted by molar-refractivity contribution is 9.10. The maximum Gasteiger partial charge on any atom is 0.136 e. The fourth-order valence-corrected chi connectivity index (χ4v) is 12.2. The van der Waals surface area contributed by atoms with E-state index in [9.17, 15) is 0 Å². The number of furan rings is 1. The largest absolute Gasteiger partial charge is 0.462 e. The second-order valence-corrected chi connectivity index (χ2v) is 24.4. The van der Waals surface area contributed by atoms with E-state index in [1.165, 1.54) is 69.3 Å². The first kappa shape index (κ1) is 47.7. The van der Waals surface area contributed by atoms with Gasteiger partial charge in [-0.3, -0.25) is 0 Å². The molecule has 3 nitrogen and oxygen atoms in total. The summed E-state index contributed by atoms with van der Waals surface area (Å²) in [5, 5.41) is 1.07. The van der Waals surface area contributed by atoms with Crippen LogP contribution >= 0.6 is 15.9 Å². The van der Waals surface area contributed by atoms with E-state index in [1.54, 1.807) is 0 Å². The van der Waals surface area contributed by atoms with E-state index in [1.807, 2.05) is 6.26 Å². The fraction of sp³-hybridized carbons (Fsp3) is 0.265. The molecular weight excluding hydrogens is 941 g/mol. The van der Waals surface area contributed by atoms with Gasteiger partial charge in [0.2, 0.25) is 0 Å². The highest BCUT2D eigenvalue weighted by Gasteiger charge is 2.45. The summed E-state index contributed by atoms with van der Waals surface area (Å²) < 4.78 is 7.55. The van der Waals surface area contributed by atoms with Crippen LogP contribution in [0.1, 0.15) is 122 Å². The average Bonchev–Trinajstić information content (AvgIpc) is 3.91. The molecule has 0 atom stereocenters. The quantitative estimate of drug-likeness (QED) is 0.151. The molecule has 1 saturated carbocycles. The van der Waals surface area contributed by atoms with Crippen LogP contribution in [0, 0.1) is 0 Å². The SMILES string of the molecule is CC(C)(C)c1ccc(-c2ccc(N(c3cc(-c4ccc(C(C)(C)C)cc4)cc(N(c4cccc5c4-c4ccccc4C54CCCCC4)c4coc5ccccc45)c3)c3ccc(C(C)(C)C)cc3Br)cc2)cc1. The molecule has 2 aliphatic carbocycles. The number of anilines is 6. The third-order valence-electron chi connectivity index (χ3n) is 15.7. The standard InChI is InChI=1S/C68H67BrN2O/c1-65(2,3)49-30-24-45(25-31-49)46-28-35-52(36-29-46)70(60-37-34-51(42-59(60)69)67(7,8)9)53-40-48(47-26-32-50(33-27-47)66(4,5)6)41-54(43-53)71(62-44-72-63-23-14-12-19-56(62)63)61-22-17-21-58-64(61)55-18-11-13-20-57(55)68(58)38-15-10-16-39-68/h11-14,17-37,40-44H,10,15-16,38-39H2,1-9H3. The molecule has 9 aromatic rings. The molecular formula is C68H67BrN2O. The van der Waals surface area contributed by atoms with Crippen LogP contribution < -0.4 is 9.80 Å². The van der Waals surface area contributed by atoms with Crippen LogP contribution in [0.5, 0.6) is 0 Å². The minimum absolute atomic E-state index is 0.00475. The van der Waals surface area contributed by atoms with Crippen molar-refractivity contribution >= 4 is 61.0 Å². The van der Waals surface area contributed by atoms with Crippen molar-refractivity contribution in [2.75, 3.05) is 9.80 Å². The van der Waals surface area contributed by atoms with Gasteiger partial charge in [-0.15, -0.1) is 0 Å². The molecule has 0 amide bonds. The predicted molar refractivity (Wildman–Crippen MR) is 310 cm³/mol. The van der Waals surface area contributed by atoms with Gasteiger partial charge in [0.25, 0.3) is 0 Å². The van der Waals surface area contributed by atoms with E-state index in [4.69, 9.17) is 4.42 Å². The molecule has 11 rings (SSSR count). The van der Waals surface area contributed by atoms with Gasteiger partial charge in [0, 0.05) is 37.9 Å². The van der Waals surface area contributed by atoms with Crippen molar-refractivity contribution < 1.29 is 4.42 Å². The number of halogens is 1. The van der Waals surface area contributed by atoms with Crippen molar-refractivity contribution in [2.45, 2.75) is 116 Å². The Balaban J connectivity index is 1.17. The zero-order valence-electron chi connectivity index (χ0n) is 43.5. The van der Waals surface area contributed by atoms with Gasteiger partial charge in [0.05, 0.1) is 17.1 Å². The first-order valence-electron chi connectivity index (χ1n) is 26.0. The van der Waals surface area contributed by atoms with Crippen LogP contribution in [-0.2, 0) is 21.7 Å². The lowest BCUT2D eigenvalue weighted by atomic mass is 9.68. The van der Waals surface area contributed by atoms with Gasteiger partial charge in [-0.05, 0) is 161 Å². The van der Waals surface area contributed by atoms with Gasteiger partial charge in [0.15, 0.2) is 0 Å². The molecule has 0 N–H and O–H groups in total. The molecule has 0 aliphatic heterocycles. The molecule has 1 fully saturated rings. The number of fused-ring (bicyclic) bond motifs is 6. The number of benzene rings is 8. The van der Waals surface area contributed by atoms with Gasteiger partial charge in [0.1, 0.15) is 11.8 Å². The monoisotopic (exact) mass is 1010 g/mol. The van der Waals surface area contributed by atoms with Gasteiger partial charge < -0.3 is 14.2 Å². The number of hydrogen-bond donors (Lipinski definition) is 0. The maximum atomic E-state index is 6.51. The Bertz CT molecular complexity index is 3440. The fourth-order valence-electron chi connectivity index (χ4n) is 11.6. The van der Waals surface area contributed by atoms with E-state index in [2.05, 4.69) is 264 Å². The molecule has 0 radical (unpaired) electrons. The number of nitrogens with zero attached hydrogens (tertiary/aromatic N) is 2. The second kappa shape index (κ2) is 18.1. The molecule has 362 valence electrons. The van der Waals surface area contributed by atoms with E-state index in [0.717, 1.165) is 73.5 Å². The van der Waals surface area contributed by atoms with Gasteiger partial charge in [-0.25, -0.2) is 0 Å². The highest BCUT2D eigenvalue weighted by atomic mass is 79.9. The van der Waals surface area contributed by atoms with Crippen molar-refractivity contribution in [1.82, 2.24) is 0 Å². The van der Waals surface area contributed by atoms with E-state index in [0.29, 0.717) is 0 Å². The summed E-state index contributed by atoms with van der Waals surface area (Å²) >= 11 is 4.16. The van der Waals surface area contributed by atoms with Crippen LogP contribution in [0.25, 0.3) is 44.3 Å². The van der Waals surface area contributed by atoms with E-state index < -0.39 is 0 Å². The molecule has 72 heavy (non-hydrogen) atoms. The van der Waals surface area contributed by atoms with Crippen molar-refractivity contribution in [1.29, 1.82) is 0 Å². The van der Waals surface area contributed by atoms with Gasteiger partial charge in [-0.2, -0.15) is 0 Å². The second-order valence-electron chi connectivity index (χ2n) is 23.5. The molecule has 0 saturated heterocycles. The van der Waals surface area contributed by atoms with Crippen molar-refractivity contribution in [3.8, 4) is 33.4 Å². The number of para-hydroxylation sites is 1. The molecule has 0 bridgehead atoms. The van der Waals surface area contributed by atoms with Crippen molar-refractivity contribution in [2.24, 2.45) is 0 Å². The molecule has 4 heteroatoms. The highest BCUT2D eigenvalue weighted by Crippen LogP contribution is 2.60. The Morgan fingerprint density at radius 2 is 0.972 bits per heavy atom. The topological polar surface area (TPSA) is 19.6 Å². The van der Waals surface area contributed by atoms with E-state index in [-0.39, 0.29) is 21.7 Å². The Kier molecular flexibility index (Phi) is 12.0. The van der Waals surface area contributed by atoms with Crippen LogP contribution in [-0.4, -0.2) is 0 Å². The summed E-state index contributed by atoms with van der Waals surface area (Å²) in [6, 6.07) is 66.3. The van der Waals surface area contributed by atoms with E-state index >= 15 is 0 Å². The third-order valence-corrected chi connectivity index (χ3v) is 16.3. The predicted octanol–water partition coefficient (Wildman–Crippen LogP) is 20.6. The summed E-state index contributed by atoms with van der Waals surface area (Å²) in [5.41, 5.74) is 21.5. The van der Waals surface area contributed by atoms with Crippen molar-refractivity contribution in [3.63, 3.8) is 0 Å². The minimum atomic E-state index is -0.0268. The molecule has 1 heterocycles. The van der Waals surface area contributed by atoms with Gasteiger partial charge in [-0.1, -0.05) is 197 Å². The van der Waals surface area contributed by atoms with Gasteiger partial charge >= 0.3 is 0 Å². The number of rotatable bonds is 8. The summed E-state index contributed by atoms with van der Waals surface area (Å²) in [4.78, 5) is 4.94. The number of hydrogen-bond acceptors (Lipinski definition) is 3. The Morgan fingerprint density at radius 1 is 0.431 bits per heavy atom. The van der Waals surface area contributed by atoms with Crippen LogP contribution in [0.4, 0.5) is 34.1 Å². The lowest BCUT2D eigenvalue weighted by molar-refractivity contribution is 0.353. The third kappa shape index (κ3) is 8.60. The molecule has 1 spiro atoms. The summed E-state index contributed by atoms with van der Waals surface area (Å²) in [7, 11) is 0. The minimum Gasteiger partial charge on any atom is -0.462 e.